The second kappa shape index (κ2) is 8.52. The van der Waals surface area contributed by atoms with E-state index in [1.807, 2.05) is 12.1 Å². The Morgan fingerprint density at radius 1 is 0.963 bits per heavy atom. The van der Waals surface area contributed by atoms with Crippen LogP contribution in [0.1, 0.15) is 23.0 Å². The average Bonchev–Trinajstić information content (AvgIpc) is 2.67. The number of pyridine rings is 1. The van der Waals surface area contributed by atoms with E-state index in [0.717, 1.165) is 5.56 Å². The molecule has 0 saturated carbocycles. The molecule has 2 aromatic heterocycles. The highest BCUT2D eigenvalue weighted by Gasteiger charge is 2.09. The molecule has 0 unspecified atom stereocenters. The molecule has 0 aliphatic rings. The van der Waals surface area contributed by atoms with Crippen molar-refractivity contribution in [2.75, 3.05) is 16.0 Å². The molecular weight excluding hydrogens is 344 g/mol. The van der Waals surface area contributed by atoms with Crippen molar-refractivity contribution in [1.82, 2.24) is 15.2 Å². The molecular formula is C19H18N6O2. The van der Waals surface area contributed by atoms with Crippen LogP contribution >= 0.6 is 0 Å². The van der Waals surface area contributed by atoms with Crippen LogP contribution in [0.25, 0.3) is 0 Å². The summed E-state index contributed by atoms with van der Waals surface area (Å²) >= 11 is 0. The number of nitrogens with one attached hydrogen (secondary N) is 3. The SMILES string of the molecule is CC(=O)Nc1cccc(NC(=O)c2ccc(NCc3cccnc3)nn2)c1. The minimum absolute atomic E-state index is 0.182. The van der Waals surface area contributed by atoms with Gasteiger partial charge < -0.3 is 16.0 Å². The second-order valence-corrected chi connectivity index (χ2v) is 5.73. The summed E-state index contributed by atoms with van der Waals surface area (Å²) in [5, 5.41) is 16.5. The summed E-state index contributed by atoms with van der Waals surface area (Å²) in [7, 11) is 0. The summed E-state index contributed by atoms with van der Waals surface area (Å²) in [4.78, 5) is 27.5. The molecule has 0 spiro atoms. The first-order valence-electron chi connectivity index (χ1n) is 8.26. The van der Waals surface area contributed by atoms with Gasteiger partial charge in [-0.05, 0) is 42.0 Å². The van der Waals surface area contributed by atoms with Gasteiger partial charge in [0.1, 0.15) is 5.82 Å². The highest BCUT2D eigenvalue weighted by Crippen LogP contribution is 2.16. The highest BCUT2D eigenvalue weighted by atomic mass is 16.2. The van der Waals surface area contributed by atoms with E-state index in [4.69, 9.17) is 0 Å². The molecule has 0 saturated heterocycles. The number of hydrogen-bond acceptors (Lipinski definition) is 6. The van der Waals surface area contributed by atoms with Crippen LogP contribution < -0.4 is 16.0 Å². The number of rotatable bonds is 6. The van der Waals surface area contributed by atoms with Gasteiger partial charge >= 0.3 is 0 Å². The van der Waals surface area contributed by atoms with Crippen LogP contribution in [0.2, 0.25) is 0 Å². The lowest BCUT2D eigenvalue weighted by Crippen LogP contribution is -2.15. The van der Waals surface area contributed by atoms with Crippen molar-refractivity contribution < 1.29 is 9.59 Å². The summed E-state index contributed by atoms with van der Waals surface area (Å²) < 4.78 is 0. The zero-order valence-electron chi connectivity index (χ0n) is 14.6. The monoisotopic (exact) mass is 362 g/mol. The zero-order valence-corrected chi connectivity index (χ0v) is 14.6. The number of carbonyl (C=O) groups is 2. The number of benzene rings is 1. The Bertz CT molecular complexity index is 928. The predicted molar refractivity (Wildman–Crippen MR) is 102 cm³/mol. The van der Waals surface area contributed by atoms with Crippen molar-refractivity contribution in [1.29, 1.82) is 0 Å². The fourth-order valence-corrected chi connectivity index (χ4v) is 2.32. The van der Waals surface area contributed by atoms with Gasteiger partial charge in [0.25, 0.3) is 5.91 Å². The van der Waals surface area contributed by atoms with Gasteiger partial charge in [0.15, 0.2) is 5.69 Å². The minimum Gasteiger partial charge on any atom is -0.364 e. The maximum Gasteiger partial charge on any atom is 0.276 e. The fraction of sp³-hybridized carbons (Fsp3) is 0.105. The smallest absolute Gasteiger partial charge is 0.276 e. The first kappa shape index (κ1) is 18.0. The molecule has 0 aliphatic carbocycles. The molecule has 0 aliphatic heterocycles. The quantitative estimate of drug-likeness (QED) is 0.622. The first-order valence-corrected chi connectivity index (χ1v) is 8.26. The van der Waals surface area contributed by atoms with Crippen LogP contribution in [0.15, 0.2) is 60.9 Å². The van der Waals surface area contributed by atoms with E-state index in [2.05, 4.69) is 31.1 Å². The van der Waals surface area contributed by atoms with Gasteiger partial charge in [-0.2, -0.15) is 0 Å². The predicted octanol–water partition coefficient (Wildman–Crippen LogP) is 2.69. The highest BCUT2D eigenvalue weighted by molar-refractivity contribution is 6.03. The molecule has 3 rings (SSSR count). The third kappa shape index (κ3) is 5.33. The fourth-order valence-electron chi connectivity index (χ4n) is 2.32. The normalized spacial score (nSPS) is 10.1. The standard InChI is InChI=1S/C19H18N6O2/c1-13(26)22-15-5-2-6-16(10-15)23-19(27)17-7-8-18(25-24-17)21-12-14-4-3-9-20-11-14/h2-11H,12H2,1H3,(H,21,25)(H,22,26)(H,23,27). The topological polar surface area (TPSA) is 109 Å². The third-order valence-corrected chi connectivity index (χ3v) is 3.53. The molecule has 27 heavy (non-hydrogen) atoms. The molecule has 2 heterocycles. The van der Waals surface area contributed by atoms with E-state index in [1.54, 1.807) is 48.8 Å². The van der Waals surface area contributed by atoms with Crippen molar-refractivity contribution in [3.63, 3.8) is 0 Å². The Balaban J connectivity index is 1.59. The number of nitrogens with zero attached hydrogens (tertiary/aromatic N) is 3. The third-order valence-electron chi connectivity index (χ3n) is 3.53. The lowest BCUT2D eigenvalue weighted by Gasteiger charge is -2.08. The number of anilines is 3. The molecule has 0 radical (unpaired) electrons. The Labute approximate surface area is 156 Å². The van der Waals surface area contributed by atoms with Crippen molar-refractivity contribution in [3.8, 4) is 0 Å². The van der Waals surface area contributed by atoms with Crippen molar-refractivity contribution in [2.45, 2.75) is 13.5 Å². The summed E-state index contributed by atoms with van der Waals surface area (Å²) in [5.41, 5.74) is 2.35. The van der Waals surface area contributed by atoms with E-state index in [-0.39, 0.29) is 17.5 Å². The van der Waals surface area contributed by atoms with E-state index in [1.165, 1.54) is 6.92 Å². The molecule has 8 nitrogen and oxygen atoms in total. The van der Waals surface area contributed by atoms with Gasteiger partial charge in [-0.1, -0.05) is 12.1 Å². The first-order chi connectivity index (χ1) is 13.1. The van der Waals surface area contributed by atoms with E-state index >= 15 is 0 Å². The van der Waals surface area contributed by atoms with Crippen LogP contribution in [-0.2, 0) is 11.3 Å². The maximum atomic E-state index is 12.3. The van der Waals surface area contributed by atoms with E-state index in [0.29, 0.717) is 23.7 Å². The molecule has 1 aromatic carbocycles. The van der Waals surface area contributed by atoms with Crippen LogP contribution in [-0.4, -0.2) is 27.0 Å². The van der Waals surface area contributed by atoms with Crippen LogP contribution in [0, 0.1) is 0 Å². The number of aromatic nitrogens is 3. The van der Waals surface area contributed by atoms with Crippen molar-refractivity contribution >= 4 is 29.0 Å². The Hall–Kier alpha value is -3.81. The molecule has 0 atom stereocenters. The Morgan fingerprint density at radius 3 is 2.44 bits per heavy atom. The van der Waals surface area contributed by atoms with Gasteiger partial charge in [-0.15, -0.1) is 10.2 Å². The molecule has 0 fully saturated rings. The molecule has 8 heteroatoms. The van der Waals surface area contributed by atoms with Gasteiger partial charge in [-0.3, -0.25) is 14.6 Å². The Morgan fingerprint density at radius 2 is 1.78 bits per heavy atom. The zero-order chi connectivity index (χ0) is 19.1. The number of carbonyl (C=O) groups excluding carboxylic acids is 2. The number of amides is 2. The van der Waals surface area contributed by atoms with Crippen LogP contribution in [0.5, 0.6) is 0 Å². The van der Waals surface area contributed by atoms with Gasteiger partial charge in [0, 0.05) is 37.2 Å². The summed E-state index contributed by atoms with van der Waals surface area (Å²) in [6, 6.07) is 13.9. The molecule has 0 bridgehead atoms. The Kier molecular flexibility index (Phi) is 5.68. The number of hydrogen-bond donors (Lipinski definition) is 3. The van der Waals surface area contributed by atoms with Crippen LogP contribution in [0.4, 0.5) is 17.2 Å². The molecule has 3 N–H and O–H groups in total. The summed E-state index contributed by atoms with van der Waals surface area (Å²) in [6.07, 6.45) is 3.47. The lowest BCUT2D eigenvalue weighted by atomic mass is 10.2. The van der Waals surface area contributed by atoms with Crippen LogP contribution in [0.3, 0.4) is 0 Å². The molecule has 2 amide bonds. The summed E-state index contributed by atoms with van der Waals surface area (Å²) in [6.45, 7) is 1.98. The van der Waals surface area contributed by atoms with Gasteiger partial charge in [0.2, 0.25) is 5.91 Å². The maximum absolute atomic E-state index is 12.3. The van der Waals surface area contributed by atoms with E-state index < -0.39 is 0 Å². The van der Waals surface area contributed by atoms with Crippen molar-refractivity contribution in [2.24, 2.45) is 0 Å². The molecule has 136 valence electrons. The van der Waals surface area contributed by atoms with Gasteiger partial charge in [-0.25, -0.2) is 0 Å². The lowest BCUT2D eigenvalue weighted by molar-refractivity contribution is -0.114. The van der Waals surface area contributed by atoms with E-state index in [9.17, 15) is 9.59 Å². The van der Waals surface area contributed by atoms with Crippen molar-refractivity contribution in [3.05, 3.63) is 72.2 Å². The van der Waals surface area contributed by atoms with Gasteiger partial charge in [0.05, 0.1) is 0 Å². The molecule has 3 aromatic rings. The second-order valence-electron chi connectivity index (χ2n) is 5.73. The largest absolute Gasteiger partial charge is 0.364 e. The summed E-state index contributed by atoms with van der Waals surface area (Å²) in [5.74, 6) is -0.0111. The minimum atomic E-state index is -0.388. The average molecular weight is 362 g/mol.